The van der Waals surface area contributed by atoms with Gasteiger partial charge in [0.2, 0.25) is 0 Å². The molecule has 2 atom stereocenters. The van der Waals surface area contributed by atoms with Crippen LogP contribution in [0.15, 0.2) is 43.0 Å². The van der Waals surface area contributed by atoms with Crippen LogP contribution in [0.1, 0.15) is 31.4 Å². The Kier molecular flexibility index (Phi) is 3.42. The van der Waals surface area contributed by atoms with Crippen LogP contribution in [0.25, 0.3) is 0 Å². The Morgan fingerprint density at radius 2 is 2.19 bits per heavy atom. The van der Waals surface area contributed by atoms with E-state index in [1.807, 2.05) is 31.2 Å². The fourth-order valence-electron chi connectivity index (χ4n) is 1.95. The van der Waals surface area contributed by atoms with Crippen LogP contribution in [0.2, 0.25) is 0 Å². The van der Waals surface area contributed by atoms with E-state index < -0.39 is 5.79 Å². The molecule has 2 nitrogen and oxygen atoms in total. The average Bonchev–Trinajstić information content (AvgIpc) is 2.71. The van der Waals surface area contributed by atoms with Gasteiger partial charge in [0, 0.05) is 6.42 Å². The summed E-state index contributed by atoms with van der Waals surface area (Å²) in [5, 5.41) is 0. The first-order valence-electron chi connectivity index (χ1n) is 5.71. The SMILES string of the molecule is C=CCC[C@]1(C)OC[C@H](c2ccccc2)O1. The quantitative estimate of drug-likeness (QED) is 0.720. The Labute approximate surface area is 96.9 Å². The van der Waals surface area contributed by atoms with E-state index in [1.165, 1.54) is 5.56 Å². The molecule has 0 aromatic heterocycles. The normalized spacial score (nSPS) is 29.2. The van der Waals surface area contributed by atoms with Crippen LogP contribution in [-0.2, 0) is 9.47 Å². The van der Waals surface area contributed by atoms with Crippen LogP contribution >= 0.6 is 0 Å². The van der Waals surface area contributed by atoms with E-state index in [0.717, 1.165) is 12.8 Å². The monoisotopic (exact) mass is 218 g/mol. The summed E-state index contributed by atoms with van der Waals surface area (Å²) >= 11 is 0. The lowest BCUT2D eigenvalue weighted by atomic mass is 10.1. The minimum Gasteiger partial charge on any atom is -0.347 e. The molecule has 1 heterocycles. The van der Waals surface area contributed by atoms with Gasteiger partial charge in [0.25, 0.3) is 0 Å². The molecule has 0 radical (unpaired) electrons. The Morgan fingerprint density at radius 1 is 1.44 bits per heavy atom. The molecule has 0 amide bonds. The van der Waals surface area contributed by atoms with Crippen molar-refractivity contribution >= 4 is 0 Å². The second kappa shape index (κ2) is 4.81. The zero-order chi connectivity index (χ0) is 11.4. The highest BCUT2D eigenvalue weighted by Crippen LogP contribution is 2.35. The Hall–Kier alpha value is -1.12. The molecule has 1 aromatic rings. The highest BCUT2D eigenvalue weighted by atomic mass is 16.7. The van der Waals surface area contributed by atoms with E-state index in [0.29, 0.717) is 6.61 Å². The van der Waals surface area contributed by atoms with Gasteiger partial charge in [0.15, 0.2) is 5.79 Å². The fraction of sp³-hybridized carbons (Fsp3) is 0.429. The van der Waals surface area contributed by atoms with Crippen molar-refractivity contribution in [3.8, 4) is 0 Å². The number of hydrogen-bond donors (Lipinski definition) is 0. The molecule has 0 spiro atoms. The Bertz CT molecular complexity index is 347. The average molecular weight is 218 g/mol. The van der Waals surface area contributed by atoms with Crippen molar-refractivity contribution in [2.75, 3.05) is 6.61 Å². The number of hydrogen-bond acceptors (Lipinski definition) is 2. The second-order valence-corrected chi connectivity index (χ2v) is 4.29. The van der Waals surface area contributed by atoms with Crippen LogP contribution < -0.4 is 0 Å². The molecule has 16 heavy (non-hydrogen) atoms. The molecule has 1 aromatic carbocycles. The third-order valence-corrected chi connectivity index (χ3v) is 2.91. The summed E-state index contributed by atoms with van der Waals surface area (Å²) < 4.78 is 11.7. The van der Waals surface area contributed by atoms with Crippen LogP contribution in [0.3, 0.4) is 0 Å². The minimum atomic E-state index is -0.450. The van der Waals surface area contributed by atoms with E-state index >= 15 is 0 Å². The largest absolute Gasteiger partial charge is 0.347 e. The molecule has 0 aliphatic carbocycles. The van der Waals surface area contributed by atoms with Gasteiger partial charge in [-0.2, -0.15) is 0 Å². The third-order valence-electron chi connectivity index (χ3n) is 2.91. The molecule has 1 aliphatic heterocycles. The second-order valence-electron chi connectivity index (χ2n) is 4.29. The lowest BCUT2D eigenvalue weighted by Crippen LogP contribution is -2.25. The Morgan fingerprint density at radius 3 is 2.88 bits per heavy atom. The van der Waals surface area contributed by atoms with Gasteiger partial charge in [-0.15, -0.1) is 6.58 Å². The van der Waals surface area contributed by atoms with E-state index in [4.69, 9.17) is 9.47 Å². The molecule has 86 valence electrons. The standard InChI is InChI=1S/C14H18O2/c1-3-4-10-14(2)15-11-13(16-14)12-8-6-5-7-9-12/h3,5-9,13H,1,4,10-11H2,2H3/t13-,14-/m1/s1. The summed E-state index contributed by atoms with van der Waals surface area (Å²) in [5.74, 6) is -0.450. The maximum Gasteiger partial charge on any atom is 0.166 e. The smallest absolute Gasteiger partial charge is 0.166 e. The minimum absolute atomic E-state index is 0.0658. The van der Waals surface area contributed by atoms with Gasteiger partial charge in [-0.25, -0.2) is 0 Å². The van der Waals surface area contributed by atoms with Crippen molar-refractivity contribution in [2.45, 2.75) is 31.7 Å². The lowest BCUT2D eigenvalue weighted by Gasteiger charge is -2.22. The lowest BCUT2D eigenvalue weighted by molar-refractivity contribution is -0.158. The van der Waals surface area contributed by atoms with E-state index in [1.54, 1.807) is 0 Å². The highest BCUT2D eigenvalue weighted by Gasteiger charge is 2.36. The number of rotatable bonds is 4. The molecule has 0 unspecified atom stereocenters. The topological polar surface area (TPSA) is 18.5 Å². The van der Waals surface area contributed by atoms with Crippen LogP contribution in [0.4, 0.5) is 0 Å². The van der Waals surface area contributed by atoms with Gasteiger partial charge >= 0.3 is 0 Å². The molecule has 0 saturated carbocycles. The fourth-order valence-corrected chi connectivity index (χ4v) is 1.95. The van der Waals surface area contributed by atoms with Crippen molar-refractivity contribution in [2.24, 2.45) is 0 Å². The molecule has 1 fully saturated rings. The summed E-state index contributed by atoms with van der Waals surface area (Å²) in [6.45, 7) is 6.35. The molecule has 1 saturated heterocycles. The summed E-state index contributed by atoms with van der Waals surface area (Å²) in [6.07, 6.45) is 3.74. The predicted octanol–water partition coefficient (Wildman–Crippen LogP) is 3.46. The van der Waals surface area contributed by atoms with Gasteiger partial charge in [0.05, 0.1) is 6.61 Å². The summed E-state index contributed by atoms with van der Waals surface area (Å²) in [6, 6.07) is 10.2. The first kappa shape index (κ1) is 11.4. The van der Waals surface area contributed by atoms with E-state index in [2.05, 4.69) is 18.7 Å². The van der Waals surface area contributed by atoms with Crippen LogP contribution in [0, 0.1) is 0 Å². The molecule has 0 bridgehead atoms. The zero-order valence-corrected chi connectivity index (χ0v) is 9.69. The van der Waals surface area contributed by atoms with Crippen LogP contribution in [-0.4, -0.2) is 12.4 Å². The number of ether oxygens (including phenoxy) is 2. The van der Waals surface area contributed by atoms with E-state index in [9.17, 15) is 0 Å². The summed E-state index contributed by atoms with van der Waals surface area (Å²) in [4.78, 5) is 0. The van der Waals surface area contributed by atoms with Crippen molar-refractivity contribution in [3.05, 3.63) is 48.6 Å². The molecular weight excluding hydrogens is 200 g/mol. The first-order valence-corrected chi connectivity index (χ1v) is 5.71. The van der Waals surface area contributed by atoms with Crippen molar-refractivity contribution < 1.29 is 9.47 Å². The molecule has 0 N–H and O–H groups in total. The van der Waals surface area contributed by atoms with Gasteiger partial charge in [-0.1, -0.05) is 36.4 Å². The summed E-state index contributed by atoms with van der Waals surface area (Å²) in [5.41, 5.74) is 1.19. The molecule has 1 aliphatic rings. The maximum atomic E-state index is 5.97. The van der Waals surface area contributed by atoms with Crippen LogP contribution in [0.5, 0.6) is 0 Å². The predicted molar refractivity (Wildman–Crippen MR) is 64.1 cm³/mol. The van der Waals surface area contributed by atoms with Gasteiger partial charge < -0.3 is 9.47 Å². The van der Waals surface area contributed by atoms with E-state index in [-0.39, 0.29) is 6.10 Å². The maximum absolute atomic E-state index is 5.97. The zero-order valence-electron chi connectivity index (χ0n) is 9.69. The molecule has 2 rings (SSSR count). The first-order chi connectivity index (χ1) is 7.73. The molecule has 2 heteroatoms. The van der Waals surface area contributed by atoms with Crippen molar-refractivity contribution in [1.82, 2.24) is 0 Å². The van der Waals surface area contributed by atoms with Gasteiger partial charge in [-0.3, -0.25) is 0 Å². The number of allylic oxidation sites excluding steroid dienone is 1. The van der Waals surface area contributed by atoms with Crippen molar-refractivity contribution in [3.63, 3.8) is 0 Å². The highest BCUT2D eigenvalue weighted by molar-refractivity contribution is 5.18. The van der Waals surface area contributed by atoms with Crippen molar-refractivity contribution in [1.29, 1.82) is 0 Å². The van der Waals surface area contributed by atoms with Gasteiger partial charge in [0.1, 0.15) is 6.10 Å². The molecular formula is C14H18O2. The Balaban J connectivity index is 2.00. The third kappa shape index (κ3) is 2.52. The summed E-state index contributed by atoms with van der Waals surface area (Å²) in [7, 11) is 0. The van der Waals surface area contributed by atoms with Gasteiger partial charge in [-0.05, 0) is 18.9 Å². The number of benzene rings is 1.